The minimum Gasteiger partial charge on any atom is -0.475 e. The Hall–Kier alpha value is -1.33. The van der Waals surface area contributed by atoms with Gasteiger partial charge in [-0.15, -0.1) is 0 Å². The van der Waals surface area contributed by atoms with Gasteiger partial charge < -0.3 is 15.4 Å². The molecule has 1 aliphatic carbocycles. The molecule has 18 heavy (non-hydrogen) atoms. The fourth-order valence-electron chi connectivity index (χ4n) is 1.72. The number of hydrogen-bond donors (Lipinski definition) is 2. The second-order valence-electron chi connectivity index (χ2n) is 4.45. The van der Waals surface area contributed by atoms with E-state index >= 15 is 0 Å². The molecule has 1 aromatic heterocycles. The first-order valence-electron chi connectivity index (χ1n) is 5.91. The monoisotopic (exact) mass is 268 g/mol. The zero-order valence-electron chi connectivity index (χ0n) is 10.3. The van der Waals surface area contributed by atoms with Crippen LogP contribution in [0.1, 0.15) is 18.4 Å². The SMILES string of the molecule is CN(CCOc1nccc(C(=N)N)c1Cl)C1CC1. The molecule has 0 bridgehead atoms. The molecule has 0 radical (unpaired) electrons. The Morgan fingerprint density at radius 3 is 3.00 bits per heavy atom. The first-order chi connectivity index (χ1) is 8.59. The lowest BCUT2D eigenvalue weighted by molar-refractivity contribution is 0.226. The minimum atomic E-state index is -0.0812. The summed E-state index contributed by atoms with van der Waals surface area (Å²) in [6.07, 6.45) is 4.09. The first-order valence-corrected chi connectivity index (χ1v) is 6.29. The van der Waals surface area contributed by atoms with Gasteiger partial charge in [-0.25, -0.2) is 4.98 Å². The van der Waals surface area contributed by atoms with Crippen LogP contribution < -0.4 is 10.5 Å². The van der Waals surface area contributed by atoms with Gasteiger partial charge in [-0.1, -0.05) is 11.6 Å². The maximum absolute atomic E-state index is 7.38. The molecule has 0 amide bonds. The Balaban J connectivity index is 1.92. The third-order valence-corrected chi connectivity index (χ3v) is 3.37. The highest BCUT2D eigenvalue weighted by molar-refractivity contribution is 6.35. The van der Waals surface area contributed by atoms with E-state index in [1.165, 1.54) is 12.8 Å². The highest BCUT2D eigenvalue weighted by atomic mass is 35.5. The quantitative estimate of drug-likeness (QED) is 0.605. The zero-order chi connectivity index (χ0) is 13.1. The molecule has 1 fully saturated rings. The van der Waals surface area contributed by atoms with Crippen molar-refractivity contribution in [3.05, 3.63) is 22.8 Å². The van der Waals surface area contributed by atoms with Crippen molar-refractivity contribution in [2.24, 2.45) is 5.73 Å². The molecule has 98 valence electrons. The fourth-order valence-corrected chi connectivity index (χ4v) is 1.99. The molecular formula is C12H17ClN4O. The number of nitrogen functional groups attached to an aromatic ring is 1. The Labute approximate surface area is 111 Å². The summed E-state index contributed by atoms with van der Waals surface area (Å²) in [4.78, 5) is 6.32. The normalized spacial score (nSPS) is 14.8. The summed E-state index contributed by atoms with van der Waals surface area (Å²) in [5.41, 5.74) is 5.87. The number of nitrogens with zero attached hydrogens (tertiary/aromatic N) is 2. The molecule has 1 saturated carbocycles. The Morgan fingerprint density at radius 1 is 1.67 bits per heavy atom. The number of rotatable bonds is 6. The van der Waals surface area contributed by atoms with Gasteiger partial charge in [-0.2, -0.15) is 0 Å². The molecule has 0 atom stereocenters. The van der Waals surface area contributed by atoms with Gasteiger partial charge >= 0.3 is 0 Å². The minimum absolute atomic E-state index is 0.0812. The molecule has 1 aliphatic rings. The van der Waals surface area contributed by atoms with Crippen LogP contribution in [-0.4, -0.2) is 42.0 Å². The van der Waals surface area contributed by atoms with E-state index in [4.69, 9.17) is 27.5 Å². The van der Waals surface area contributed by atoms with Crippen molar-refractivity contribution in [2.75, 3.05) is 20.2 Å². The number of hydrogen-bond acceptors (Lipinski definition) is 4. The summed E-state index contributed by atoms with van der Waals surface area (Å²) in [6, 6.07) is 2.31. The lowest BCUT2D eigenvalue weighted by Crippen LogP contribution is -2.26. The predicted octanol–water partition coefficient (Wildman–Crippen LogP) is 1.49. The summed E-state index contributed by atoms with van der Waals surface area (Å²) in [5, 5.41) is 7.69. The number of pyridine rings is 1. The van der Waals surface area contributed by atoms with Crippen LogP contribution in [0.25, 0.3) is 0 Å². The number of amidine groups is 1. The van der Waals surface area contributed by atoms with Crippen molar-refractivity contribution in [2.45, 2.75) is 18.9 Å². The second kappa shape index (κ2) is 5.54. The lowest BCUT2D eigenvalue weighted by Gasteiger charge is -2.16. The van der Waals surface area contributed by atoms with E-state index in [1.807, 2.05) is 0 Å². The zero-order valence-corrected chi connectivity index (χ0v) is 11.1. The van der Waals surface area contributed by atoms with Crippen LogP contribution in [-0.2, 0) is 0 Å². The molecule has 2 rings (SSSR count). The predicted molar refractivity (Wildman–Crippen MR) is 71.4 cm³/mol. The van der Waals surface area contributed by atoms with Crippen LogP contribution in [0.3, 0.4) is 0 Å². The van der Waals surface area contributed by atoms with Crippen LogP contribution in [0, 0.1) is 5.41 Å². The van der Waals surface area contributed by atoms with E-state index in [2.05, 4.69) is 16.9 Å². The lowest BCUT2D eigenvalue weighted by atomic mass is 10.2. The molecule has 0 aromatic carbocycles. The number of nitrogens with two attached hydrogens (primary N) is 1. The number of likely N-dealkylation sites (N-methyl/N-ethyl adjacent to an activating group) is 1. The average molecular weight is 269 g/mol. The Kier molecular flexibility index (Phi) is 4.04. The van der Waals surface area contributed by atoms with Gasteiger partial charge in [-0.05, 0) is 26.0 Å². The molecule has 0 saturated heterocycles. The average Bonchev–Trinajstić information content (AvgIpc) is 3.14. The van der Waals surface area contributed by atoms with Gasteiger partial charge in [0.1, 0.15) is 17.5 Å². The second-order valence-corrected chi connectivity index (χ2v) is 4.83. The number of aromatic nitrogens is 1. The van der Waals surface area contributed by atoms with Crippen LogP contribution >= 0.6 is 11.6 Å². The van der Waals surface area contributed by atoms with Crippen LogP contribution in [0.15, 0.2) is 12.3 Å². The van der Waals surface area contributed by atoms with Crippen molar-refractivity contribution in [3.63, 3.8) is 0 Å². The summed E-state index contributed by atoms with van der Waals surface area (Å²) >= 11 is 6.07. The first kappa shape index (κ1) is 13.1. The van der Waals surface area contributed by atoms with E-state index in [-0.39, 0.29) is 5.84 Å². The molecule has 1 heterocycles. The van der Waals surface area contributed by atoms with Gasteiger partial charge in [0.25, 0.3) is 0 Å². The molecule has 1 aromatic rings. The van der Waals surface area contributed by atoms with Crippen molar-refractivity contribution in [1.82, 2.24) is 9.88 Å². The van der Waals surface area contributed by atoms with E-state index in [9.17, 15) is 0 Å². The van der Waals surface area contributed by atoms with Crippen LogP contribution in [0.2, 0.25) is 5.02 Å². The highest BCUT2D eigenvalue weighted by Crippen LogP contribution is 2.26. The molecule has 0 spiro atoms. The summed E-state index contributed by atoms with van der Waals surface area (Å²) in [6.45, 7) is 1.37. The third-order valence-electron chi connectivity index (χ3n) is 3.00. The Morgan fingerprint density at radius 2 is 2.39 bits per heavy atom. The summed E-state index contributed by atoms with van der Waals surface area (Å²) in [7, 11) is 2.09. The smallest absolute Gasteiger partial charge is 0.233 e. The van der Waals surface area contributed by atoms with E-state index in [0.717, 1.165) is 6.54 Å². The van der Waals surface area contributed by atoms with Gasteiger partial charge in [0.2, 0.25) is 5.88 Å². The molecule has 5 nitrogen and oxygen atoms in total. The largest absolute Gasteiger partial charge is 0.475 e. The van der Waals surface area contributed by atoms with Crippen molar-refractivity contribution in [3.8, 4) is 5.88 Å². The summed E-state index contributed by atoms with van der Waals surface area (Å²) < 4.78 is 5.54. The van der Waals surface area contributed by atoms with E-state index in [1.54, 1.807) is 12.3 Å². The van der Waals surface area contributed by atoms with Crippen molar-refractivity contribution < 1.29 is 4.74 Å². The fraction of sp³-hybridized carbons (Fsp3) is 0.500. The standard InChI is InChI=1S/C12H17ClN4O/c1-17(8-2-3-8)6-7-18-12-10(13)9(11(14)15)4-5-16-12/h4-5,8H,2-3,6-7H2,1H3,(H3,14,15). The highest BCUT2D eigenvalue weighted by Gasteiger charge is 2.25. The number of halogens is 1. The van der Waals surface area contributed by atoms with Gasteiger partial charge in [-0.3, -0.25) is 5.41 Å². The maximum atomic E-state index is 7.38. The van der Waals surface area contributed by atoms with Crippen molar-refractivity contribution >= 4 is 17.4 Å². The number of ether oxygens (including phenoxy) is 1. The van der Waals surface area contributed by atoms with Crippen LogP contribution in [0.4, 0.5) is 0 Å². The maximum Gasteiger partial charge on any atom is 0.233 e. The number of nitrogens with one attached hydrogen (secondary N) is 1. The topological polar surface area (TPSA) is 75.2 Å². The molecular weight excluding hydrogens is 252 g/mol. The third kappa shape index (κ3) is 3.11. The van der Waals surface area contributed by atoms with Gasteiger partial charge in [0.05, 0.1) is 0 Å². The van der Waals surface area contributed by atoms with Crippen LogP contribution in [0.5, 0.6) is 5.88 Å². The van der Waals surface area contributed by atoms with E-state index in [0.29, 0.717) is 29.1 Å². The molecule has 3 N–H and O–H groups in total. The van der Waals surface area contributed by atoms with Gasteiger partial charge in [0, 0.05) is 24.3 Å². The molecule has 0 aliphatic heterocycles. The Bertz CT molecular complexity index is 448. The summed E-state index contributed by atoms with van der Waals surface area (Å²) in [5.74, 6) is 0.260. The van der Waals surface area contributed by atoms with Gasteiger partial charge in [0.15, 0.2) is 0 Å². The molecule has 0 unspecified atom stereocenters. The van der Waals surface area contributed by atoms with E-state index < -0.39 is 0 Å². The molecule has 6 heteroatoms. The van der Waals surface area contributed by atoms with Crippen molar-refractivity contribution in [1.29, 1.82) is 5.41 Å².